The van der Waals surface area contributed by atoms with Crippen LogP contribution in [0.2, 0.25) is 0 Å². The Labute approximate surface area is 119 Å². The Kier molecular flexibility index (Phi) is 4.63. The largest absolute Gasteiger partial charge is 0.496 e. The lowest BCUT2D eigenvalue weighted by Crippen LogP contribution is -2.12. The van der Waals surface area contributed by atoms with E-state index in [1.165, 1.54) is 4.88 Å². The molecule has 0 aliphatic rings. The fraction of sp³-hybridized carbons (Fsp3) is 0.231. The molecule has 0 radical (unpaired) electrons. The third kappa shape index (κ3) is 3.48. The number of halogens is 1. The minimum atomic E-state index is 0.720. The van der Waals surface area contributed by atoms with Gasteiger partial charge < -0.3 is 15.8 Å². The molecule has 0 atom stereocenters. The number of hydrogen-bond acceptors (Lipinski definition) is 4. The van der Waals surface area contributed by atoms with Gasteiger partial charge in [-0.2, -0.15) is 0 Å². The highest BCUT2D eigenvalue weighted by Gasteiger charge is 2.03. The number of nitrogens with two attached hydrogens (primary N) is 1. The number of ether oxygens (including phenoxy) is 1. The molecule has 0 aliphatic heterocycles. The van der Waals surface area contributed by atoms with E-state index in [1.807, 2.05) is 18.2 Å². The molecule has 2 aromatic rings. The Balaban J connectivity index is 1.94. The van der Waals surface area contributed by atoms with Crippen molar-refractivity contribution in [1.82, 2.24) is 5.32 Å². The number of nitrogen functional groups attached to an aromatic ring is 1. The number of methoxy groups -OCH3 is 1. The molecule has 5 heteroatoms. The van der Waals surface area contributed by atoms with Gasteiger partial charge in [0.2, 0.25) is 0 Å². The zero-order valence-corrected chi connectivity index (χ0v) is 12.5. The Hall–Kier alpha value is -1.04. The molecule has 1 aromatic heterocycles. The van der Waals surface area contributed by atoms with Gasteiger partial charge >= 0.3 is 0 Å². The molecular formula is C13H15BrN2OS. The SMILES string of the molecule is COc1cc(N)ccc1CNCc1ccc(Br)s1. The Bertz CT molecular complexity index is 527. The highest BCUT2D eigenvalue weighted by Crippen LogP contribution is 2.23. The molecule has 18 heavy (non-hydrogen) atoms. The number of nitrogens with one attached hydrogen (secondary N) is 1. The van der Waals surface area contributed by atoms with Gasteiger partial charge in [-0.25, -0.2) is 0 Å². The summed E-state index contributed by atoms with van der Waals surface area (Å²) in [5.41, 5.74) is 7.56. The van der Waals surface area contributed by atoms with E-state index in [1.54, 1.807) is 18.4 Å². The molecule has 0 bridgehead atoms. The van der Waals surface area contributed by atoms with Crippen LogP contribution in [0.5, 0.6) is 5.75 Å². The van der Waals surface area contributed by atoms with Crippen molar-refractivity contribution in [2.75, 3.05) is 12.8 Å². The van der Waals surface area contributed by atoms with Crippen LogP contribution in [0.1, 0.15) is 10.4 Å². The highest BCUT2D eigenvalue weighted by molar-refractivity contribution is 9.11. The third-order valence-electron chi connectivity index (χ3n) is 2.55. The van der Waals surface area contributed by atoms with Gasteiger partial charge in [-0.1, -0.05) is 6.07 Å². The summed E-state index contributed by atoms with van der Waals surface area (Å²) in [6, 6.07) is 9.90. The quantitative estimate of drug-likeness (QED) is 0.828. The van der Waals surface area contributed by atoms with Crippen LogP contribution in [0.15, 0.2) is 34.1 Å². The minimum Gasteiger partial charge on any atom is -0.496 e. The van der Waals surface area contributed by atoms with E-state index in [0.29, 0.717) is 0 Å². The summed E-state index contributed by atoms with van der Waals surface area (Å²) in [5, 5.41) is 3.39. The van der Waals surface area contributed by atoms with Crippen molar-refractivity contribution < 1.29 is 4.74 Å². The maximum Gasteiger partial charge on any atom is 0.125 e. The van der Waals surface area contributed by atoms with Gasteiger partial charge in [-0.3, -0.25) is 0 Å². The Morgan fingerprint density at radius 1 is 1.28 bits per heavy atom. The van der Waals surface area contributed by atoms with Crippen LogP contribution in [-0.4, -0.2) is 7.11 Å². The molecule has 1 aromatic carbocycles. The minimum absolute atomic E-state index is 0.720. The molecule has 3 nitrogen and oxygen atoms in total. The van der Waals surface area contributed by atoms with Gasteiger partial charge in [-0.05, 0) is 34.1 Å². The van der Waals surface area contributed by atoms with E-state index in [0.717, 1.165) is 33.9 Å². The van der Waals surface area contributed by atoms with Crippen molar-refractivity contribution in [3.8, 4) is 5.75 Å². The standard InChI is InChI=1S/C13H15BrN2OS/c1-17-12-6-10(15)3-2-9(12)7-16-8-11-4-5-13(14)18-11/h2-6,16H,7-8,15H2,1H3. The van der Waals surface area contributed by atoms with Gasteiger partial charge in [-0.15, -0.1) is 11.3 Å². The number of thiophene rings is 1. The molecule has 0 spiro atoms. The van der Waals surface area contributed by atoms with Crippen molar-refractivity contribution in [2.24, 2.45) is 0 Å². The van der Waals surface area contributed by atoms with Crippen molar-refractivity contribution in [1.29, 1.82) is 0 Å². The number of benzene rings is 1. The summed E-state index contributed by atoms with van der Waals surface area (Å²) in [7, 11) is 1.66. The molecule has 0 unspecified atom stereocenters. The van der Waals surface area contributed by atoms with E-state index >= 15 is 0 Å². The van der Waals surface area contributed by atoms with E-state index < -0.39 is 0 Å². The first-order valence-corrected chi connectivity index (χ1v) is 7.17. The lowest BCUT2D eigenvalue weighted by atomic mass is 10.2. The Morgan fingerprint density at radius 2 is 2.11 bits per heavy atom. The van der Waals surface area contributed by atoms with Crippen molar-refractivity contribution in [3.05, 3.63) is 44.6 Å². The first-order chi connectivity index (χ1) is 8.69. The monoisotopic (exact) mass is 326 g/mol. The normalized spacial score (nSPS) is 10.6. The van der Waals surface area contributed by atoms with E-state index in [2.05, 4.69) is 33.4 Å². The van der Waals surface area contributed by atoms with Gasteiger partial charge in [0.15, 0.2) is 0 Å². The zero-order valence-electron chi connectivity index (χ0n) is 10.1. The van der Waals surface area contributed by atoms with Gasteiger partial charge in [0, 0.05) is 35.3 Å². The third-order valence-corrected chi connectivity index (χ3v) is 4.18. The summed E-state index contributed by atoms with van der Waals surface area (Å²) >= 11 is 5.19. The smallest absolute Gasteiger partial charge is 0.125 e. The topological polar surface area (TPSA) is 47.3 Å². The average Bonchev–Trinajstić information content (AvgIpc) is 2.77. The van der Waals surface area contributed by atoms with E-state index in [-0.39, 0.29) is 0 Å². The van der Waals surface area contributed by atoms with Crippen molar-refractivity contribution in [2.45, 2.75) is 13.1 Å². The zero-order chi connectivity index (χ0) is 13.0. The van der Waals surface area contributed by atoms with Crippen molar-refractivity contribution in [3.63, 3.8) is 0 Å². The van der Waals surface area contributed by atoms with Crippen LogP contribution in [-0.2, 0) is 13.1 Å². The molecule has 1 heterocycles. The molecule has 96 valence electrons. The van der Waals surface area contributed by atoms with Gasteiger partial charge in [0.25, 0.3) is 0 Å². The molecule has 0 amide bonds. The molecule has 2 rings (SSSR count). The molecule has 0 aliphatic carbocycles. The van der Waals surface area contributed by atoms with Gasteiger partial charge in [0.05, 0.1) is 10.9 Å². The average molecular weight is 327 g/mol. The second-order valence-corrected chi connectivity index (χ2v) is 6.43. The molecule has 0 saturated carbocycles. The van der Waals surface area contributed by atoms with Crippen molar-refractivity contribution >= 4 is 33.0 Å². The molecular weight excluding hydrogens is 312 g/mol. The maximum absolute atomic E-state index is 5.72. The van der Waals surface area contributed by atoms with Crippen LogP contribution < -0.4 is 15.8 Å². The number of hydrogen-bond donors (Lipinski definition) is 2. The van der Waals surface area contributed by atoms with Crippen LogP contribution in [0.25, 0.3) is 0 Å². The second kappa shape index (κ2) is 6.22. The Morgan fingerprint density at radius 3 is 2.78 bits per heavy atom. The predicted octanol–water partition coefficient (Wildman–Crippen LogP) is 3.39. The molecule has 3 N–H and O–H groups in total. The summed E-state index contributed by atoms with van der Waals surface area (Å²) in [6.07, 6.45) is 0. The fourth-order valence-corrected chi connectivity index (χ4v) is 3.13. The van der Waals surface area contributed by atoms with E-state index in [4.69, 9.17) is 10.5 Å². The van der Waals surface area contributed by atoms with Crippen LogP contribution in [0.3, 0.4) is 0 Å². The lowest BCUT2D eigenvalue weighted by Gasteiger charge is -2.09. The van der Waals surface area contributed by atoms with Crippen LogP contribution >= 0.6 is 27.3 Å². The van der Waals surface area contributed by atoms with Crippen LogP contribution in [0.4, 0.5) is 5.69 Å². The lowest BCUT2D eigenvalue weighted by molar-refractivity contribution is 0.408. The number of rotatable bonds is 5. The predicted molar refractivity (Wildman–Crippen MR) is 80.0 cm³/mol. The highest BCUT2D eigenvalue weighted by atomic mass is 79.9. The molecule has 0 fully saturated rings. The number of anilines is 1. The fourth-order valence-electron chi connectivity index (χ4n) is 1.67. The maximum atomic E-state index is 5.72. The van der Waals surface area contributed by atoms with Crippen LogP contribution in [0, 0.1) is 0 Å². The first-order valence-electron chi connectivity index (χ1n) is 5.56. The summed E-state index contributed by atoms with van der Waals surface area (Å²) < 4.78 is 6.46. The summed E-state index contributed by atoms with van der Waals surface area (Å²) in [4.78, 5) is 1.30. The van der Waals surface area contributed by atoms with Gasteiger partial charge in [0.1, 0.15) is 5.75 Å². The summed E-state index contributed by atoms with van der Waals surface area (Å²) in [6.45, 7) is 1.61. The summed E-state index contributed by atoms with van der Waals surface area (Å²) in [5.74, 6) is 0.829. The second-order valence-electron chi connectivity index (χ2n) is 3.88. The van der Waals surface area contributed by atoms with E-state index in [9.17, 15) is 0 Å². The molecule has 0 saturated heterocycles. The first kappa shape index (κ1) is 13.4.